The molecule has 3 aromatic rings. The number of aryl methyl sites for hydroxylation is 1. The van der Waals surface area contributed by atoms with Gasteiger partial charge in [0.25, 0.3) is 0 Å². The number of thiazole rings is 1. The molecule has 0 radical (unpaired) electrons. The van der Waals surface area contributed by atoms with Crippen LogP contribution in [0.3, 0.4) is 0 Å². The molecular formula is C19H14F2N2OS. The normalized spacial score (nSPS) is 11.0. The number of hydrogen-bond acceptors (Lipinski definition) is 3. The average Bonchev–Trinajstić information content (AvgIpc) is 3.02. The van der Waals surface area contributed by atoms with Crippen molar-refractivity contribution in [2.75, 3.05) is 5.32 Å². The van der Waals surface area contributed by atoms with E-state index in [2.05, 4.69) is 10.3 Å². The van der Waals surface area contributed by atoms with E-state index in [0.717, 1.165) is 17.2 Å². The lowest BCUT2D eigenvalue weighted by Crippen LogP contribution is -2.07. The Morgan fingerprint density at radius 2 is 1.92 bits per heavy atom. The minimum Gasteiger partial charge on any atom is -0.298 e. The van der Waals surface area contributed by atoms with Gasteiger partial charge in [0.1, 0.15) is 11.6 Å². The topological polar surface area (TPSA) is 42.0 Å². The van der Waals surface area contributed by atoms with E-state index in [4.69, 9.17) is 0 Å². The van der Waals surface area contributed by atoms with Crippen LogP contribution in [0.1, 0.15) is 11.1 Å². The van der Waals surface area contributed by atoms with Gasteiger partial charge >= 0.3 is 0 Å². The van der Waals surface area contributed by atoms with Crippen LogP contribution in [0, 0.1) is 18.6 Å². The van der Waals surface area contributed by atoms with Crippen LogP contribution in [0.4, 0.5) is 13.9 Å². The van der Waals surface area contributed by atoms with Crippen LogP contribution in [0.2, 0.25) is 0 Å². The standard InChI is InChI=1S/C19H14F2N2OS/c1-12-2-4-13(5-3-12)6-9-18(24)23-19-22-17(11-25-19)15-8-7-14(20)10-16(15)21/h2-11H,1H3,(H,22,23,24)/b9-6+. The summed E-state index contributed by atoms with van der Waals surface area (Å²) in [7, 11) is 0. The Bertz CT molecular complexity index is 933. The summed E-state index contributed by atoms with van der Waals surface area (Å²) in [4.78, 5) is 16.1. The highest BCUT2D eigenvalue weighted by molar-refractivity contribution is 7.14. The van der Waals surface area contributed by atoms with Crippen LogP contribution in [-0.4, -0.2) is 10.9 Å². The molecule has 1 N–H and O–H groups in total. The van der Waals surface area contributed by atoms with Gasteiger partial charge in [0.15, 0.2) is 5.13 Å². The molecular weight excluding hydrogens is 342 g/mol. The van der Waals surface area contributed by atoms with Gasteiger partial charge in [-0.3, -0.25) is 10.1 Å². The Kier molecular flexibility index (Phi) is 5.00. The molecule has 0 spiro atoms. The smallest absolute Gasteiger partial charge is 0.250 e. The fourth-order valence-electron chi connectivity index (χ4n) is 2.15. The molecule has 2 aromatic carbocycles. The number of halogens is 2. The molecule has 1 heterocycles. The summed E-state index contributed by atoms with van der Waals surface area (Å²) < 4.78 is 26.7. The molecule has 0 atom stereocenters. The van der Waals surface area contributed by atoms with E-state index in [0.29, 0.717) is 10.8 Å². The van der Waals surface area contributed by atoms with Gasteiger partial charge in [-0.2, -0.15) is 0 Å². The van der Waals surface area contributed by atoms with E-state index in [1.54, 1.807) is 11.5 Å². The average molecular weight is 356 g/mol. The highest BCUT2D eigenvalue weighted by atomic mass is 32.1. The van der Waals surface area contributed by atoms with E-state index in [1.165, 1.54) is 29.5 Å². The SMILES string of the molecule is Cc1ccc(/C=C/C(=O)Nc2nc(-c3ccc(F)cc3F)cs2)cc1. The zero-order valence-electron chi connectivity index (χ0n) is 13.3. The van der Waals surface area contributed by atoms with Gasteiger partial charge in [-0.15, -0.1) is 11.3 Å². The van der Waals surface area contributed by atoms with Crippen molar-refractivity contribution in [3.05, 3.63) is 76.7 Å². The van der Waals surface area contributed by atoms with Gasteiger partial charge in [-0.25, -0.2) is 13.8 Å². The zero-order chi connectivity index (χ0) is 17.8. The van der Waals surface area contributed by atoms with Gasteiger partial charge in [-0.1, -0.05) is 29.8 Å². The number of rotatable bonds is 4. The molecule has 1 aromatic heterocycles. The summed E-state index contributed by atoms with van der Waals surface area (Å²) in [5.74, 6) is -1.67. The maximum Gasteiger partial charge on any atom is 0.250 e. The first-order valence-corrected chi connectivity index (χ1v) is 8.36. The first kappa shape index (κ1) is 17.0. The molecule has 0 aliphatic heterocycles. The summed E-state index contributed by atoms with van der Waals surface area (Å²) in [5.41, 5.74) is 2.59. The van der Waals surface area contributed by atoms with Crippen LogP contribution >= 0.6 is 11.3 Å². The van der Waals surface area contributed by atoms with Gasteiger partial charge in [-0.05, 0) is 30.7 Å². The number of amides is 1. The number of nitrogens with zero attached hydrogens (tertiary/aromatic N) is 1. The largest absolute Gasteiger partial charge is 0.298 e. The van der Waals surface area contributed by atoms with Crippen molar-refractivity contribution in [2.24, 2.45) is 0 Å². The summed E-state index contributed by atoms with van der Waals surface area (Å²) in [5, 5.41) is 4.58. The van der Waals surface area contributed by atoms with E-state index in [9.17, 15) is 13.6 Å². The van der Waals surface area contributed by atoms with Crippen molar-refractivity contribution in [1.29, 1.82) is 0 Å². The van der Waals surface area contributed by atoms with Crippen molar-refractivity contribution in [2.45, 2.75) is 6.92 Å². The molecule has 0 saturated carbocycles. The highest BCUT2D eigenvalue weighted by Gasteiger charge is 2.11. The first-order valence-electron chi connectivity index (χ1n) is 7.48. The molecule has 6 heteroatoms. The summed E-state index contributed by atoms with van der Waals surface area (Å²) >= 11 is 1.17. The third-order valence-corrected chi connectivity index (χ3v) is 4.20. The first-order chi connectivity index (χ1) is 12.0. The second kappa shape index (κ2) is 7.36. The molecule has 126 valence electrons. The third kappa shape index (κ3) is 4.36. The molecule has 0 fully saturated rings. The molecule has 0 unspecified atom stereocenters. The van der Waals surface area contributed by atoms with Gasteiger partial charge in [0.2, 0.25) is 5.91 Å². The molecule has 1 amide bonds. The van der Waals surface area contributed by atoms with Crippen LogP contribution in [-0.2, 0) is 4.79 Å². The van der Waals surface area contributed by atoms with Crippen LogP contribution < -0.4 is 5.32 Å². The molecule has 3 rings (SSSR count). The molecule has 0 bridgehead atoms. The fraction of sp³-hybridized carbons (Fsp3) is 0.0526. The molecule has 0 aliphatic rings. The number of hydrogen-bond donors (Lipinski definition) is 1. The van der Waals surface area contributed by atoms with Crippen molar-refractivity contribution < 1.29 is 13.6 Å². The van der Waals surface area contributed by atoms with Gasteiger partial charge < -0.3 is 0 Å². The van der Waals surface area contributed by atoms with E-state index >= 15 is 0 Å². The summed E-state index contributed by atoms with van der Waals surface area (Å²) in [6, 6.07) is 11.0. The summed E-state index contributed by atoms with van der Waals surface area (Å²) in [6.45, 7) is 1.99. The number of carbonyl (C=O) groups excluding carboxylic acids is 1. The third-order valence-electron chi connectivity index (χ3n) is 3.45. The number of benzene rings is 2. The van der Waals surface area contributed by atoms with Crippen molar-refractivity contribution >= 4 is 28.5 Å². The monoisotopic (exact) mass is 356 g/mol. The molecule has 3 nitrogen and oxygen atoms in total. The predicted octanol–water partition coefficient (Wildman–Crippen LogP) is 5.05. The van der Waals surface area contributed by atoms with Crippen LogP contribution in [0.5, 0.6) is 0 Å². The Hall–Kier alpha value is -2.86. The second-order valence-electron chi connectivity index (χ2n) is 5.40. The number of carbonyl (C=O) groups is 1. The van der Waals surface area contributed by atoms with Crippen LogP contribution in [0.25, 0.3) is 17.3 Å². The van der Waals surface area contributed by atoms with E-state index < -0.39 is 11.6 Å². The fourth-order valence-corrected chi connectivity index (χ4v) is 2.86. The van der Waals surface area contributed by atoms with Gasteiger partial charge in [0, 0.05) is 23.1 Å². The minimum absolute atomic E-state index is 0.188. The van der Waals surface area contributed by atoms with Gasteiger partial charge in [0.05, 0.1) is 5.69 Å². The lowest BCUT2D eigenvalue weighted by Gasteiger charge is -1.99. The quantitative estimate of drug-likeness (QED) is 0.665. The Morgan fingerprint density at radius 3 is 2.64 bits per heavy atom. The number of aromatic nitrogens is 1. The van der Waals surface area contributed by atoms with Crippen molar-refractivity contribution in [3.63, 3.8) is 0 Å². The lowest BCUT2D eigenvalue weighted by molar-refractivity contribution is -0.111. The summed E-state index contributed by atoms with van der Waals surface area (Å²) in [6.07, 6.45) is 3.10. The number of anilines is 1. The van der Waals surface area contributed by atoms with Crippen molar-refractivity contribution in [3.8, 4) is 11.3 Å². The number of nitrogens with one attached hydrogen (secondary N) is 1. The van der Waals surface area contributed by atoms with E-state index in [1.807, 2.05) is 31.2 Å². The highest BCUT2D eigenvalue weighted by Crippen LogP contribution is 2.27. The maximum atomic E-state index is 13.8. The molecule has 0 aliphatic carbocycles. The Balaban J connectivity index is 1.68. The Labute approximate surface area is 147 Å². The molecule has 0 saturated heterocycles. The second-order valence-corrected chi connectivity index (χ2v) is 6.25. The predicted molar refractivity (Wildman–Crippen MR) is 96.3 cm³/mol. The lowest BCUT2D eigenvalue weighted by atomic mass is 10.1. The van der Waals surface area contributed by atoms with E-state index in [-0.39, 0.29) is 11.5 Å². The molecule has 25 heavy (non-hydrogen) atoms. The Morgan fingerprint density at radius 1 is 1.16 bits per heavy atom. The maximum absolute atomic E-state index is 13.8. The van der Waals surface area contributed by atoms with Crippen LogP contribution in [0.15, 0.2) is 53.9 Å². The zero-order valence-corrected chi connectivity index (χ0v) is 14.1. The van der Waals surface area contributed by atoms with Crippen molar-refractivity contribution in [1.82, 2.24) is 4.98 Å². The minimum atomic E-state index is -0.692.